The highest BCUT2D eigenvalue weighted by molar-refractivity contribution is 5.01. The third-order valence-corrected chi connectivity index (χ3v) is 1.78. The molecule has 2 nitrogen and oxygen atoms in total. The fourth-order valence-electron chi connectivity index (χ4n) is 0.625. The van der Waals surface area contributed by atoms with Crippen molar-refractivity contribution < 1.29 is 5.11 Å². The molecule has 1 aliphatic carbocycles. The summed E-state index contributed by atoms with van der Waals surface area (Å²) in [5, 5.41) is 8.56. The molecule has 0 spiro atoms. The van der Waals surface area contributed by atoms with Crippen LogP contribution in [0.25, 0.3) is 0 Å². The minimum Gasteiger partial charge on any atom is -0.396 e. The molecule has 0 bridgehead atoms. The molecule has 3 N–H and O–H groups in total. The van der Waals surface area contributed by atoms with Crippen LogP contribution in [0, 0.1) is 5.41 Å². The van der Waals surface area contributed by atoms with Crippen LogP contribution >= 0.6 is 0 Å². The van der Waals surface area contributed by atoms with Crippen LogP contribution in [0.5, 0.6) is 0 Å². The number of hydrogen-bond donors (Lipinski definition) is 2. The lowest BCUT2D eigenvalue weighted by atomic mass is 10.1. The molecule has 0 saturated heterocycles. The maximum atomic E-state index is 8.56. The SMILES string of the molecule is C[C@@]1(CO)C[C@H]1N. The summed E-state index contributed by atoms with van der Waals surface area (Å²) in [4.78, 5) is 0. The molecule has 0 aromatic carbocycles. The van der Waals surface area contributed by atoms with Gasteiger partial charge in [0.15, 0.2) is 0 Å². The molecule has 0 amide bonds. The number of aliphatic hydroxyl groups is 1. The van der Waals surface area contributed by atoms with Gasteiger partial charge in [-0.15, -0.1) is 0 Å². The fourth-order valence-corrected chi connectivity index (χ4v) is 0.625. The minimum atomic E-state index is 0.0833. The molecule has 0 aromatic heterocycles. The van der Waals surface area contributed by atoms with Gasteiger partial charge >= 0.3 is 0 Å². The molecule has 1 saturated carbocycles. The average Bonchev–Trinajstić information content (AvgIpc) is 2.18. The highest BCUT2D eigenvalue weighted by Gasteiger charge is 2.46. The van der Waals surface area contributed by atoms with Crippen LogP contribution in [-0.4, -0.2) is 17.8 Å². The molecule has 0 aromatic rings. The normalized spacial score (nSPS) is 49.3. The van der Waals surface area contributed by atoms with Crippen LogP contribution in [-0.2, 0) is 0 Å². The van der Waals surface area contributed by atoms with Crippen molar-refractivity contribution in [1.29, 1.82) is 0 Å². The van der Waals surface area contributed by atoms with E-state index in [1.54, 1.807) is 0 Å². The first-order valence-electron chi connectivity index (χ1n) is 2.55. The quantitative estimate of drug-likeness (QED) is 0.477. The van der Waals surface area contributed by atoms with Gasteiger partial charge in [-0.3, -0.25) is 0 Å². The highest BCUT2D eigenvalue weighted by atomic mass is 16.3. The van der Waals surface area contributed by atoms with Gasteiger partial charge in [0.25, 0.3) is 0 Å². The second-order valence-corrected chi connectivity index (χ2v) is 2.62. The van der Waals surface area contributed by atoms with E-state index in [0.717, 1.165) is 6.42 Å². The van der Waals surface area contributed by atoms with Crippen molar-refractivity contribution in [3.05, 3.63) is 0 Å². The fraction of sp³-hybridized carbons (Fsp3) is 1.00. The van der Waals surface area contributed by atoms with E-state index in [4.69, 9.17) is 10.8 Å². The van der Waals surface area contributed by atoms with E-state index in [1.807, 2.05) is 6.92 Å². The molecule has 0 unspecified atom stereocenters. The zero-order valence-corrected chi connectivity index (χ0v) is 4.52. The Morgan fingerprint density at radius 3 is 2.43 bits per heavy atom. The Morgan fingerprint density at radius 2 is 2.43 bits per heavy atom. The largest absolute Gasteiger partial charge is 0.396 e. The van der Waals surface area contributed by atoms with E-state index < -0.39 is 0 Å². The Labute approximate surface area is 43.3 Å². The Bertz CT molecular complexity index is 80.1. The molecule has 42 valence electrons. The summed E-state index contributed by atoms with van der Waals surface area (Å²) in [7, 11) is 0. The van der Waals surface area contributed by atoms with E-state index in [9.17, 15) is 0 Å². The number of aliphatic hydroxyl groups excluding tert-OH is 1. The summed E-state index contributed by atoms with van der Waals surface area (Å²) in [6.45, 7) is 2.24. The van der Waals surface area contributed by atoms with Crippen LogP contribution in [0.4, 0.5) is 0 Å². The first kappa shape index (κ1) is 5.06. The number of rotatable bonds is 1. The van der Waals surface area contributed by atoms with Crippen molar-refractivity contribution in [3.63, 3.8) is 0 Å². The van der Waals surface area contributed by atoms with Crippen molar-refractivity contribution in [2.24, 2.45) is 11.1 Å². The molecular formula is C5H11NO. The van der Waals surface area contributed by atoms with Crippen molar-refractivity contribution in [2.75, 3.05) is 6.61 Å². The van der Waals surface area contributed by atoms with Crippen LogP contribution in [0.3, 0.4) is 0 Å². The Hall–Kier alpha value is -0.0800. The molecule has 2 heteroatoms. The summed E-state index contributed by atoms with van der Waals surface area (Å²) in [6, 6.07) is 0.262. The molecule has 2 atom stereocenters. The summed E-state index contributed by atoms with van der Waals surface area (Å²) < 4.78 is 0. The lowest BCUT2D eigenvalue weighted by molar-refractivity contribution is 0.220. The predicted octanol–water partition coefficient (Wildman–Crippen LogP) is -0.284. The molecule has 1 aliphatic rings. The second kappa shape index (κ2) is 1.20. The van der Waals surface area contributed by atoms with E-state index in [0.29, 0.717) is 0 Å². The van der Waals surface area contributed by atoms with Gasteiger partial charge < -0.3 is 10.8 Å². The van der Waals surface area contributed by atoms with E-state index in [1.165, 1.54) is 0 Å². The highest BCUT2D eigenvalue weighted by Crippen LogP contribution is 2.42. The smallest absolute Gasteiger partial charge is 0.0500 e. The molecular weight excluding hydrogens is 90.1 g/mol. The van der Waals surface area contributed by atoms with Crippen LogP contribution in [0.2, 0.25) is 0 Å². The van der Waals surface area contributed by atoms with Crippen LogP contribution in [0.1, 0.15) is 13.3 Å². The second-order valence-electron chi connectivity index (χ2n) is 2.62. The minimum absolute atomic E-state index is 0.0833. The number of nitrogens with two attached hydrogens (primary N) is 1. The molecule has 7 heavy (non-hydrogen) atoms. The summed E-state index contributed by atoms with van der Waals surface area (Å²) in [6.07, 6.45) is 0.990. The standard InChI is InChI=1S/C5H11NO/c1-5(3-7)2-4(5)6/h4,7H,2-3,6H2,1H3/t4-,5+/m1/s1. The van der Waals surface area contributed by atoms with Gasteiger partial charge in [-0.1, -0.05) is 6.92 Å². The van der Waals surface area contributed by atoms with E-state index >= 15 is 0 Å². The van der Waals surface area contributed by atoms with Gasteiger partial charge in [0.1, 0.15) is 0 Å². The molecule has 1 rings (SSSR count). The Morgan fingerprint density at radius 1 is 2.00 bits per heavy atom. The maximum absolute atomic E-state index is 8.56. The van der Waals surface area contributed by atoms with Gasteiger partial charge in [0, 0.05) is 18.1 Å². The third kappa shape index (κ3) is 0.640. The zero-order valence-electron chi connectivity index (χ0n) is 4.52. The van der Waals surface area contributed by atoms with Gasteiger partial charge in [-0.2, -0.15) is 0 Å². The first-order valence-corrected chi connectivity index (χ1v) is 2.55. The van der Waals surface area contributed by atoms with E-state index in [2.05, 4.69) is 0 Å². The van der Waals surface area contributed by atoms with Crippen molar-refractivity contribution in [2.45, 2.75) is 19.4 Å². The molecule has 1 fully saturated rings. The summed E-state index contributed by atoms with van der Waals surface area (Å²) >= 11 is 0. The predicted molar refractivity (Wildman–Crippen MR) is 27.8 cm³/mol. The lowest BCUT2D eigenvalue weighted by Gasteiger charge is -1.99. The maximum Gasteiger partial charge on any atom is 0.0500 e. The monoisotopic (exact) mass is 101 g/mol. The first-order chi connectivity index (χ1) is 3.19. The van der Waals surface area contributed by atoms with Crippen LogP contribution < -0.4 is 5.73 Å². The summed E-state index contributed by atoms with van der Waals surface area (Å²) in [5.41, 5.74) is 5.53. The Kier molecular flexibility index (Phi) is 0.869. The van der Waals surface area contributed by atoms with Gasteiger partial charge in [-0.25, -0.2) is 0 Å². The van der Waals surface area contributed by atoms with Gasteiger partial charge in [-0.05, 0) is 6.42 Å². The molecule has 0 radical (unpaired) electrons. The Balaban J connectivity index is 2.36. The van der Waals surface area contributed by atoms with E-state index in [-0.39, 0.29) is 18.1 Å². The number of hydrogen-bond acceptors (Lipinski definition) is 2. The molecule has 0 heterocycles. The summed E-state index contributed by atoms with van der Waals surface area (Å²) in [5.74, 6) is 0. The van der Waals surface area contributed by atoms with Crippen molar-refractivity contribution in [3.8, 4) is 0 Å². The third-order valence-electron chi connectivity index (χ3n) is 1.78. The topological polar surface area (TPSA) is 46.2 Å². The van der Waals surface area contributed by atoms with Gasteiger partial charge in [0.05, 0.1) is 0 Å². The van der Waals surface area contributed by atoms with Crippen molar-refractivity contribution in [1.82, 2.24) is 0 Å². The van der Waals surface area contributed by atoms with Crippen molar-refractivity contribution >= 4 is 0 Å². The molecule has 0 aliphatic heterocycles. The average molecular weight is 101 g/mol. The lowest BCUT2D eigenvalue weighted by Crippen LogP contribution is -2.13. The van der Waals surface area contributed by atoms with Crippen LogP contribution in [0.15, 0.2) is 0 Å². The van der Waals surface area contributed by atoms with Gasteiger partial charge in [0.2, 0.25) is 0 Å². The zero-order chi connectivity index (χ0) is 5.49.